The van der Waals surface area contributed by atoms with E-state index in [4.69, 9.17) is 24.5 Å². The number of likely N-dealkylation sites (N-methyl/N-ethyl adjacent to an activating group) is 1. The first kappa shape index (κ1) is 17.5. The highest BCUT2D eigenvalue weighted by atomic mass is 16.5. The van der Waals surface area contributed by atoms with E-state index in [0.717, 1.165) is 18.7 Å². The van der Waals surface area contributed by atoms with Gasteiger partial charge in [-0.05, 0) is 44.3 Å². The Morgan fingerprint density at radius 1 is 1.23 bits per heavy atom. The Hall–Kier alpha value is -2.54. The van der Waals surface area contributed by atoms with Crippen molar-refractivity contribution in [2.45, 2.75) is 6.42 Å². The molecule has 0 unspecified atom stereocenters. The van der Waals surface area contributed by atoms with E-state index in [0.29, 0.717) is 0 Å². The van der Waals surface area contributed by atoms with Crippen LogP contribution in [0.2, 0.25) is 0 Å². The van der Waals surface area contributed by atoms with E-state index < -0.39 is 11.9 Å². The number of carbonyl (C=O) groups is 2. The third-order valence-electron chi connectivity index (χ3n) is 2.99. The lowest BCUT2D eigenvalue weighted by Crippen LogP contribution is -2.14. The van der Waals surface area contributed by atoms with Crippen molar-refractivity contribution in [2.75, 3.05) is 27.7 Å². The van der Waals surface area contributed by atoms with Gasteiger partial charge in [-0.15, -0.1) is 0 Å². The normalized spacial score (nSPS) is 10.2. The Balaban J connectivity index is 0.000000346. The summed E-state index contributed by atoms with van der Waals surface area (Å²) in [7, 11) is 5.89. The summed E-state index contributed by atoms with van der Waals surface area (Å²) in [6, 6.07) is 6.14. The summed E-state index contributed by atoms with van der Waals surface area (Å²) < 4.78 is 5.25. The van der Waals surface area contributed by atoms with Gasteiger partial charge in [-0.2, -0.15) is 0 Å². The van der Waals surface area contributed by atoms with Gasteiger partial charge in [0.05, 0.1) is 7.11 Å². The number of methoxy groups -OCH3 is 1. The first-order valence-electron chi connectivity index (χ1n) is 6.60. The Bertz CT molecular complexity index is 636. The molecule has 0 aliphatic carbocycles. The summed E-state index contributed by atoms with van der Waals surface area (Å²) in [5.74, 6) is -2.73. The maximum absolute atomic E-state index is 9.10. The standard InChI is InChI=1S/C13H18N2O.C2H2O4/c1-15(2)7-6-10-9-14-13-5-4-11(16-3)8-12(10)13;3-1(4)2(5)6/h4-5,8-9,14H,6-7H2,1-3H3;(H,3,4)(H,5,6). The van der Waals surface area contributed by atoms with E-state index >= 15 is 0 Å². The molecule has 0 aliphatic rings. The number of benzene rings is 1. The molecule has 0 fully saturated rings. The molecular weight excluding hydrogens is 288 g/mol. The van der Waals surface area contributed by atoms with E-state index in [1.54, 1.807) is 7.11 Å². The van der Waals surface area contributed by atoms with Crippen LogP contribution in [0.5, 0.6) is 5.75 Å². The van der Waals surface area contributed by atoms with Crippen LogP contribution in [0.3, 0.4) is 0 Å². The number of hydrogen-bond donors (Lipinski definition) is 3. The molecule has 0 spiro atoms. The molecule has 0 aliphatic heterocycles. The molecule has 120 valence electrons. The lowest BCUT2D eigenvalue weighted by atomic mass is 10.1. The minimum absolute atomic E-state index is 0.915. The minimum Gasteiger partial charge on any atom is -0.497 e. The second-order valence-corrected chi connectivity index (χ2v) is 4.89. The first-order chi connectivity index (χ1) is 10.3. The molecule has 0 radical (unpaired) electrons. The quantitative estimate of drug-likeness (QED) is 0.738. The molecule has 0 bridgehead atoms. The number of ether oxygens (including phenoxy) is 1. The molecule has 2 aromatic rings. The topological polar surface area (TPSA) is 103 Å². The number of carboxylic acid groups (broad SMARTS) is 2. The number of aromatic nitrogens is 1. The van der Waals surface area contributed by atoms with Gasteiger partial charge in [0.25, 0.3) is 0 Å². The zero-order chi connectivity index (χ0) is 16.7. The highest BCUT2D eigenvalue weighted by Crippen LogP contribution is 2.23. The van der Waals surface area contributed by atoms with Crippen LogP contribution < -0.4 is 4.74 Å². The molecule has 22 heavy (non-hydrogen) atoms. The number of aromatic amines is 1. The van der Waals surface area contributed by atoms with E-state index in [1.165, 1.54) is 16.5 Å². The zero-order valence-electron chi connectivity index (χ0n) is 12.8. The van der Waals surface area contributed by atoms with Gasteiger partial charge in [0.1, 0.15) is 5.75 Å². The van der Waals surface area contributed by atoms with Crippen molar-refractivity contribution >= 4 is 22.8 Å². The number of rotatable bonds is 4. The Kier molecular flexibility index (Phi) is 6.40. The smallest absolute Gasteiger partial charge is 0.414 e. The van der Waals surface area contributed by atoms with Crippen LogP contribution in [-0.2, 0) is 16.0 Å². The summed E-state index contributed by atoms with van der Waals surface area (Å²) >= 11 is 0. The fraction of sp³-hybridized carbons (Fsp3) is 0.333. The van der Waals surface area contributed by atoms with E-state index in [2.05, 4.69) is 42.3 Å². The number of nitrogens with one attached hydrogen (secondary N) is 1. The van der Waals surface area contributed by atoms with Crippen LogP contribution in [0.25, 0.3) is 10.9 Å². The second kappa shape index (κ2) is 8.04. The molecule has 0 saturated heterocycles. The van der Waals surface area contributed by atoms with Gasteiger partial charge in [0.15, 0.2) is 0 Å². The van der Waals surface area contributed by atoms with E-state index in [9.17, 15) is 0 Å². The number of aliphatic carboxylic acids is 2. The molecule has 1 heterocycles. The predicted octanol–water partition coefficient (Wildman–Crippen LogP) is 1.44. The van der Waals surface area contributed by atoms with Crippen molar-refractivity contribution < 1.29 is 24.5 Å². The molecule has 0 atom stereocenters. The Morgan fingerprint density at radius 2 is 1.86 bits per heavy atom. The summed E-state index contributed by atoms with van der Waals surface area (Å²) in [6.45, 7) is 1.06. The summed E-state index contributed by atoms with van der Waals surface area (Å²) in [5.41, 5.74) is 2.53. The van der Waals surface area contributed by atoms with Crippen LogP contribution in [0.1, 0.15) is 5.56 Å². The molecular formula is C15H20N2O5. The van der Waals surface area contributed by atoms with Crippen molar-refractivity contribution in [2.24, 2.45) is 0 Å². The van der Waals surface area contributed by atoms with Crippen LogP contribution in [0, 0.1) is 0 Å². The van der Waals surface area contributed by atoms with Gasteiger partial charge < -0.3 is 24.8 Å². The highest BCUT2D eigenvalue weighted by molar-refractivity contribution is 6.27. The second-order valence-electron chi connectivity index (χ2n) is 4.89. The average molecular weight is 308 g/mol. The van der Waals surface area contributed by atoms with Crippen molar-refractivity contribution in [3.8, 4) is 5.75 Å². The monoisotopic (exact) mass is 308 g/mol. The summed E-state index contributed by atoms with van der Waals surface area (Å²) in [5, 5.41) is 16.0. The van der Waals surface area contributed by atoms with Crippen LogP contribution in [-0.4, -0.2) is 59.8 Å². The van der Waals surface area contributed by atoms with Gasteiger partial charge >= 0.3 is 11.9 Å². The molecule has 1 aromatic carbocycles. The zero-order valence-corrected chi connectivity index (χ0v) is 12.8. The van der Waals surface area contributed by atoms with Gasteiger partial charge in [-0.3, -0.25) is 0 Å². The Labute approximate surface area is 128 Å². The number of hydrogen-bond acceptors (Lipinski definition) is 4. The molecule has 7 heteroatoms. The molecule has 0 saturated carbocycles. The molecule has 0 amide bonds. The number of nitrogens with zero attached hydrogens (tertiary/aromatic N) is 1. The van der Waals surface area contributed by atoms with Crippen molar-refractivity contribution in [1.82, 2.24) is 9.88 Å². The van der Waals surface area contributed by atoms with Crippen LogP contribution in [0.4, 0.5) is 0 Å². The summed E-state index contributed by atoms with van der Waals surface area (Å²) in [4.78, 5) is 23.7. The fourth-order valence-electron chi connectivity index (χ4n) is 1.84. The molecule has 3 N–H and O–H groups in total. The van der Waals surface area contributed by atoms with Crippen LogP contribution >= 0.6 is 0 Å². The van der Waals surface area contributed by atoms with Gasteiger partial charge in [0, 0.05) is 23.6 Å². The summed E-state index contributed by atoms with van der Waals surface area (Å²) in [6.07, 6.45) is 3.15. The van der Waals surface area contributed by atoms with Gasteiger partial charge in [0.2, 0.25) is 0 Å². The molecule has 1 aromatic heterocycles. The number of carboxylic acids is 2. The fourth-order valence-corrected chi connectivity index (χ4v) is 1.84. The molecule has 7 nitrogen and oxygen atoms in total. The van der Waals surface area contributed by atoms with Crippen LogP contribution in [0.15, 0.2) is 24.4 Å². The molecule has 2 rings (SSSR count). The van der Waals surface area contributed by atoms with Gasteiger partial charge in [-0.25, -0.2) is 9.59 Å². The maximum Gasteiger partial charge on any atom is 0.414 e. The first-order valence-corrected chi connectivity index (χ1v) is 6.60. The third-order valence-corrected chi connectivity index (χ3v) is 2.99. The SMILES string of the molecule is COc1ccc2[nH]cc(CCN(C)C)c2c1.O=C(O)C(=O)O. The minimum atomic E-state index is -1.82. The average Bonchev–Trinajstić information content (AvgIpc) is 2.87. The highest BCUT2D eigenvalue weighted by Gasteiger charge is 2.05. The largest absolute Gasteiger partial charge is 0.497 e. The maximum atomic E-state index is 9.10. The van der Waals surface area contributed by atoms with Crippen molar-refractivity contribution in [1.29, 1.82) is 0 Å². The lowest BCUT2D eigenvalue weighted by Gasteiger charge is -2.08. The number of fused-ring (bicyclic) bond motifs is 1. The van der Waals surface area contributed by atoms with Crippen molar-refractivity contribution in [3.05, 3.63) is 30.0 Å². The van der Waals surface area contributed by atoms with Crippen molar-refractivity contribution in [3.63, 3.8) is 0 Å². The lowest BCUT2D eigenvalue weighted by molar-refractivity contribution is -0.159. The van der Waals surface area contributed by atoms with E-state index in [-0.39, 0.29) is 0 Å². The third kappa shape index (κ3) is 5.10. The van der Waals surface area contributed by atoms with Gasteiger partial charge in [-0.1, -0.05) is 0 Å². The van der Waals surface area contributed by atoms with E-state index in [1.807, 2.05) is 6.07 Å². The predicted molar refractivity (Wildman–Crippen MR) is 82.4 cm³/mol. The Morgan fingerprint density at radius 3 is 2.36 bits per heavy atom. The number of H-pyrrole nitrogens is 1.